The summed E-state index contributed by atoms with van der Waals surface area (Å²) in [5.74, 6) is -0.0776. The number of H-pyrrole nitrogens is 1. The first kappa shape index (κ1) is 22.9. The van der Waals surface area contributed by atoms with Crippen molar-refractivity contribution in [2.45, 2.75) is 11.8 Å². The van der Waals surface area contributed by atoms with Crippen molar-refractivity contribution in [3.05, 3.63) is 83.7 Å². The predicted molar refractivity (Wildman–Crippen MR) is 125 cm³/mol. The van der Waals surface area contributed by atoms with Crippen molar-refractivity contribution < 1.29 is 22.3 Å². The molecule has 0 bridgehead atoms. The molecule has 0 aliphatic heterocycles. The summed E-state index contributed by atoms with van der Waals surface area (Å²) in [6, 6.07) is 16.2. The number of nitrogens with one attached hydrogen (secondary N) is 3. The maximum Gasteiger partial charge on any atom is 0.261 e. The number of hydrogen-bond donors (Lipinski definition) is 3. The molecule has 11 heteroatoms. The van der Waals surface area contributed by atoms with Crippen LogP contribution in [0, 0.1) is 12.7 Å². The second kappa shape index (κ2) is 9.32. The largest absolute Gasteiger partial charge is 0.496 e. The summed E-state index contributed by atoms with van der Waals surface area (Å²) < 4.78 is 46.3. The van der Waals surface area contributed by atoms with E-state index in [1.165, 1.54) is 37.4 Å². The predicted octanol–water partition coefficient (Wildman–Crippen LogP) is 3.98. The van der Waals surface area contributed by atoms with Gasteiger partial charge in [-0.3, -0.25) is 19.9 Å². The lowest BCUT2D eigenvalue weighted by Gasteiger charge is -2.11. The zero-order valence-corrected chi connectivity index (χ0v) is 19.0. The molecule has 3 N–H and O–H groups in total. The number of carbonyl (C=O) groups is 1. The van der Waals surface area contributed by atoms with Gasteiger partial charge in [0.2, 0.25) is 5.95 Å². The quantitative estimate of drug-likeness (QED) is 0.367. The molecule has 0 aliphatic rings. The summed E-state index contributed by atoms with van der Waals surface area (Å²) in [5.41, 5.74) is 1.54. The number of hydrogen-bond acceptors (Lipinski definition) is 6. The van der Waals surface area contributed by atoms with Crippen molar-refractivity contribution >= 4 is 27.6 Å². The average molecular weight is 482 g/mol. The number of amides is 1. The zero-order valence-electron chi connectivity index (χ0n) is 18.2. The van der Waals surface area contributed by atoms with Gasteiger partial charge in [-0.05, 0) is 61.0 Å². The van der Waals surface area contributed by atoms with Gasteiger partial charge in [0.05, 0.1) is 17.6 Å². The highest BCUT2D eigenvalue weighted by atomic mass is 32.2. The van der Waals surface area contributed by atoms with Gasteiger partial charge >= 0.3 is 0 Å². The molecule has 174 valence electrons. The molecule has 34 heavy (non-hydrogen) atoms. The minimum Gasteiger partial charge on any atom is -0.496 e. The Morgan fingerprint density at radius 2 is 1.79 bits per heavy atom. The topological polar surface area (TPSA) is 126 Å². The summed E-state index contributed by atoms with van der Waals surface area (Å²) in [7, 11) is -2.48. The minimum atomic E-state index is -4.02. The first-order chi connectivity index (χ1) is 16.3. The number of aromatic nitrogens is 3. The van der Waals surface area contributed by atoms with Crippen molar-refractivity contribution in [3.63, 3.8) is 0 Å². The summed E-state index contributed by atoms with van der Waals surface area (Å²) in [6.45, 7) is 1.68. The molecule has 9 nitrogen and oxygen atoms in total. The van der Waals surface area contributed by atoms with Gasteiger partial charge in [0.15, 0.2) is 5.82 Å². The van der Waals surface area contributed by atoms with Crippen molar-refractivity contribution in [1.82, 2.24) is 15.2 Å². The van der Waals surface area contributed by atoms with Gasteiger partial charge in [-0.25, -0.2) is 12.8 Å². The summed E-state index contributed by atoms with van der Waals surface area (Å²) >= 11 is 0. The third kappa shape index (κ3) is 4.89. The minimum absolute atomic E-state index is 0.0167. The van der Waals surface area contributed by atoms with Gasteiger partial charge in [-0.1, -0.05) is 18.2 Å². The third-order valence-electron chi connectivity index (χ3n) is 4.93. The van der Waals surface area contributed by atoms with Crippen LogP contribution in [0.5, 0.6) is 5.75 Å². The van der Waals surface area contributed by atoms with E-state index >= 15 is 0 Å². The van der Waals surface area contributed by atoms with Crippen molar-refractivity contribution in [1.29, 1.82) is 0 Å². The van der Waals surface area contributed by atoms with Crippen LogP contribution >= 0.6 is 0 Å². The first-order valence-electron chi connectivity index (χ1n) is 10.0. The second-order valence-corrected chi connectivity index (χ2v) is 8.93. The lowest BCUT2D eigenvalue weighted by atomic mass is 10.1. The van der Waals surface area contributed by atoms with Gasteiger partial charge in [0.25, 0.3) is 15.9 Å². The number of benzene rings is 3. The van der Waals surface area contributed by atoms with Crippen LogP contribution in [-0.4, -0.2) is 36.6 Å². The van der Waals surface area contributed by atoms with E-state index in [4.69, 9.17) is 4.74 Å². The zero-order chi connectivity index (χ0) is 24.3. The molecule has 4 rings (SSSR count). The van der Waals surface area contributed by atoms with Crippen molar-refractivity contribution in [3.8, 4) is 17.1 Å². The van der Waals surface area contributed by atoms with Crippen LogP contribution in [0.4, 0.5) is 16.0 Å². The standard InChI is InChI=1S/C23H20FN5O4S/c1-14-7-12-17(34(31,32)29-16-10-8-15(24)9-11-16)13-19(14)22(30)26-23-25-21(27-28-23)18-5-3-4-6-20(18)33-2/h3-13,29H,1-2H3,(H2,25,26,27,28,30). The number of ether oxygens (including phenoxy) is 1. The van der Waals surface area contributed by atoms with E-state index in [1.807, 2.05) is 12.1 Å². The number of aryl methyl sites for hydroxylation is 1. The molecule has 0 aliphatic carbocycles. The van der Waals surface area contributed by atoms with Crippen LogP contribution in [0.15, 0.2) is 71.6 Å². The van der Waals surface area contributed by atoms with Crippen LogP contribution in [0.2, 0.25) is 0 Å². The Bertz CT molecular complexity index is 1450. The van der Waals surface area contributed by atoms with Gasteiger partial charge in [0, 0.05) is 11.3 Å². The number of halogens is 1. The number of carbonyl (C=O) groups excluding carboxylic acids is 1. The summed E-state index contributed by atoms with van der Waals surface area (Å²) in [5, 5.41) is 9.33. The first-order valence-corrected chi connectivity index (χ1v) is 11.5. The third-order valence-corrected chi connectivity index (χ3v) is 6.31. The Kier molecular flexibility index (Phi) is 6.28. The SMILES string of the molecule is COc1ccccc1-c1nc(NC(=O)c2cc(S(=O)(=O)Nc3ccc(F)cc3)ccc2C)n[nH]1. The van der Waals surface area contributed by atoms with Crippen molar-refractivity contribution in [2.24, 2.45) is 0 Å². The molecule has 4 aromatic rings. The maximum absolute atomic E-state index is 13.1. The molecular formula is C23H20FN5O4S. The van der Waals surface area contributed by atoms with E-state index in [0.717, 1.165) is 12.1 Å². The van der Waals surface area contributed by atoms with E-state index < -0.39 is 21.7 Å². The maximum atomic E-state index is 13.1. The Labute approximate surface area is 195 Å². The van der Waals surface area contributed by atoms with Crippen LogP contribution in [0.1, 0.15) is 15.9 Å². The molecule has 1 amide bonds. The molecule has 0 unspecified atom stereocenters. The number of sulfonamides is 1. The van der Waals surface area contributed by atoms with Gasteiger partial charge in [-0.15, -0.1) is 5.10 Å². The monoisotopic (exact) mass is 481 g/mol. The fraction of sp³-hybridized carbons (Fsp3) is 0.0870. The number of methoxy groups -OCH3 is 1. The molecule has 0 radical (unpaired) electrons. The average Bonchev–Trinajstić information content (AvgIpc) is 3.28. The Balaban J connectivity index is 1.56. The number of rotatable bonds is 7. The van der Waals surface area contributed by atoms with Gasteiger partial charge in [0.1, 0.15) is 11.6 Å². The summed E-state index contributed by atoms with van der Waals surface area (Å²) in [6.07, 6.45) is 0. The van der Waals surface area contributed by atoms with Crippen LogP contribution in [0.3, 0.4) is 0 Å². The molecule has 0 fully saturated rings. The Hall–Kier alpha value is -4.25. The summed E-state index contributed by atoms with van der Waals surface area (Å²) in [4.78, 5) is 17.0. The number of para-hydroxylation sites is 1. The molecular weight excluding hydrogens is 461 g/mol. The molecule has 0 saturated carbocycles. The molecule has 0 spiro atoms. The van der Waals surface area contributed by atoms with E-state index in [2.05, 4.69) is 25.2 Å². The lowest BCUT2D eigenvalue weighted by molar-refractivity contribution is 0.102. The number of aromatic amines is 1. The van der Waals surface area contributed by atoms with E-state index in [0.29, 0.717) is 22.7 Å². The fourth-order valence-corrected chi connectivity index (χ4v) is 4.28. The van der Waals surface area contributed by atoms with Gasteiger partial charge in [-0.2, -0.15) is 4.98 Å². The molecule has 0 saturated heterocycles. The number of anilines is 2. The fourth-order valence-electron chi connectivity index (χ4n) is 3.19. The molecule has 0 atom stereocenters. The van der Waals surface area contributed by atoms with E-state index in [9.17, 15) is 17.6 Å². The highest BCUT2D eigenvalue weighted by molar-refractivity contribution is 7.92. The molecule has 1 aromatic heterocycles. The normalized spacial score (nSPS) is 11.1. The van der Waals surface area contributed by atoms with Gasteiger partial charge < -0.3 is 4.74 Å². The van der Waals surface area contributed by atoms with Crippen LogP contribution < -0.4 is 14.8 Å². The number of nitrogens with zero attached hydrogens (tertiary/aromatic N) is 2. The van der Waals surface area contributed by atoms with Crippen LogP contribution in [-0.2, 0) is 10.0 Å². The highest BCUT2D eigenvalue weighted by Crippen LogP contribution is 2.27. The van der Waals surface area contributed by atoms with E-state index in [-0.39, 0.29) is 22.1 Å². The lowest BCUT2D eigenvalue weighted by Crippen LogP contribution is -2.17. The molecule has 1 heterocycles. The van der Waals surface area contributed by atoms with Crippen LogP contribution in [0.25, 0.3) is 11.4 Å². The smallest absolute Gasteiger partial charge is 0.261 e. The Morgan fingerprint density at radius 1 is 1.06 bits per heavy atom. The van der Waals surface area contributed by atoms with Crippen molar-refractivity contribution in [2.75, 3.05) is 17.1 Å². The second-order valence-electron chi connectivity index (χ2n) is 7.25. The van der Waals surface area contributed by atoms with E-state index in [1.54, 1.807) is 19.1 Å². The highest BCUT2D eigenvalue weighted by Gasteiger charge is 2.20. The Morgan fingerprint density at radius 3 is 2.53 bits per heavy atom. The molecule has 3 aromatic carbocycles.